The Morgan fingerprint density at radius 3 is 1.77 bits per heavy atom. The lowest BCUT2D eigenvalue weighted by Crippen LogP contribution is -2.37. The number of ether oxygens (including phenoxy) is 2. The van der Waals surface area contributed by atoms with E-state index >= 15 is 0 Å². The summed E-state index contributed by atoms with van der Waals surface area (Å²) in [6.45, 7) is 4.43. The van der Waals surface area contributed by atoms with Crippen molar-refractivity contribution in [1.29, 1.82) is 0 Å². The summed E-state index contributed by atoms with van der Waals surface area (Å²) in [5.74, 6) is -0.500. The summed E-state index contributed by atoms with van der Waals surface area (Å²) >= 11 is 0. The standard InChI is InChI=1S/C34H60NO7P/c1-6-7-8-9-10-11-12-13-14-15-16-17-18-19-20-21-22-23-24-25-26-27-29-39-31-34(42-33(2)36)32-41-43(37,38)40-30-28-35(3,4)5/h7-8,10-11,13-14,16-17,19-20,34H,6,9,12,15,18,21-32H2,1-5H3/p+1/b8-7-,11-10-,14-13-,17-16-,20-19-. The monoisotopic (exact) mass is 626 g/mol. The molecule has 248 valence electrons. The van der Waals surface area contributed by atoms with Crippen molar-refractivity contribution in [1.82, 2.24) is 0 Å². The highest BCUT2D eigenvalue weighted by Gasteiger charge is 2.25. The molecule has 0 saturated carbocycles. The molecule has 9 heteroatoms. The van der Waals surface area contributed by atoms with E-state index in [2.05, 4.69) is 67.7 Å². The Hall–Kier alpha value is -1.80. The first-order chi connectivity index (χ1) is 20.6. The van der Waals surface area contributed by atoms with Crippen molar-refractivity contribution >= 4 is 13.8 Å². The first kappa shape index (κ1) is 41.2. The molecule has 0 rings (SSSR count). The lowest BCUT2D eigenvalue weighted by Gasteiger charge is -2.24. The molecule has 0 fully saturated rings. The number of hydrogen-bond acceptors (Lipinski definition) is 6. The first-order valence-electron chi connectivity index (χ1n) is 16.0. The highest BCUT2D eigenvalue weighted by Crippen LogP contribution is 2.43. The van der Waals surface area contributed by atoms with Crippen LogP contribution in [0.5, 0.6) is 0 Å². The van der Waals surface area contributed by atoms with E-state index in [4.69, 9.17) is 18.5 Å². The van der Waals surface area contributed by atoms with Crippen LogP contribution in [-0.4, -0.2) is 75.6 Å². The van der Waals surface area contributed by atoms with E-state index in [1.165, 1.54) is 26.2 Å². The molecule has 0 aliphatic heterocycles. The van der Waals surface area contributed by atoms with E-state index in [1.807, 2.05) is 21.1 Å². The predicted molar refractivity (Wildman–Crippen MR) is 178 cm³/mol. The first-order valence-corrected chi connectivity index (χ1v) is 17.5. The second-order valence-electron chi connectivity index (χ2n) is 11.5. The lowest BCUT2D eigenvalue weighted by molar-refractivity contribution is -0.870. The van der Waals surface area contributed by atoms with Gasteiger partial charge in [0.15, 0.2) is 0 Å². The summed E-state index contributed by atoms with van der Waals surface area (Å²) in [5.41, 5.74) is 0. The Morgan fingerprint density at radius 1 is 0.721 bits per heavy atom. The zero-order chi connectivity index (χ0) is 32.1. The minimum Gasteiger partial charge on any atom is -0.458 e. The van der Waals surface area contributed by atoms with E-state index < -0.39 is 19.9 Å². The quantitative estimate of drug-likeness (QED) is 0.0307. The maximum atomic E-state index is 12.1. The Labute approximate surface area is 262 Å². The average molecular weight is 627 g/mol. The van der Waals surface area contributed by atoms with Gasteiger partial charge in [-0.3, -0.25) is 13.8 Å². The Morgan fingerprint density at radius 2 is 1.23 bits per heavy atom. The molecule has 0 spiro atoms. The van der Waals surface area contributed by atoms with Crippen LogP contribution >= 0.6 is 7.82 Å². The Bertz CT molecular complexity index is 874. The molecule has 1 N–H and O–H groups in total. The van der Waals surface area contributed by atoms with Crippen molar-refractivity contribution < 1.29 is 37.3 Å². The van der Waals surface area contributed by atoms with Gasteiger partial charge in [0.25, 0.3) is 0 Å². The fraction of sp³-hybridized carbons (Fsp3) is 0.676. The molecule has 0 radical (unpaired) electrons. The minimum atomic E-state index is -4.23. The number of phosphoric ester groups is 1. The van der Waals surface area contributed by atoms with Crippen molar-refractivity contribution in [2.75, 3.05) is 54.1 Å². The van der Waals surface area contributed by atoms with Crippen molar-refractivity contribution in [2.24, 2.45) is 0 Å². The van der Waals surface area contributed by atoms with Crippen LogP contribution in [0.25, 0.3) is 0 Å². The van der Waals surface area contributed by atoms with Gasteiger partial charge in [0, 0.05) is 13.5 Å². The summed E-state index contributed by atoms with van der Waals surface area (Å²) in [6, 6.07) is 0. The SMILES string of the molecule is CC/C=C\C/C=C\C/C=C\C/C=C\C/C=C\CCCCCCCCOCC(COP(=O)(O)OCC[N+](C)(C)C)OC(C)=O. The van der Waals surface area contributed by atoms with Crippen molar-refractivity contribution in [3.05, 3.63) is 60.8 Å². The molecule has 0 aliphatic carbocycles. The van der Waals surface area contributed by atoms with E-state index in [0.717, 1.165) is 57.8 Å². The Kier molecular flexibility index (Phi) is 26.6. The van der Waals surface area contributed by atoms with Crippen LogP contribution in [0.15, 0.2) is 60.8 Å². The number of phosphoric acid groups is 1. The molecule has 43 heavy (non-hydrogen) atoms. The summed E-state index contributed by atoms with van der Waals surface area (Å²) in [5, 5.41) is 0. The van der Waals surface area contributed by atoms with Gasteiger partial charge in [-0.1, -0.05) is 93.4 Å². The molecule has 0 aromatic rings. The molecule has 8 nitrogen and oxygen atoms in total. The van der Waals surface area contributed by atoms with Crippen LogP contribution in [-0.2, 0) is 27.9 Å². The van der Waals surface area contributed by atoms with E-state index in [-0.39, 0.29) is 19.8 Å². The van der Waals surface area contributed by atoms with E-state index in [0.29, 0.717) is 17.6 Å². The van der Waals surface area contributed by atoms with E-state index in [1.54, 1.807) is 0 Å². The number of allylic oxidation sites excluding steroid dienone is 10. The molecule has 0 aromatic heterocycles. The highest BCUT2D eigenvalue weighted by atomic mass is 31.2. The maximum Gasteiger partial charge on any atom is 0.472 e. The number of nitrogens with zero attached hydrogens (tertiary/aromatic N) is 1. The molecule has 0 aromatic carbocycles. The molecule has 0 saturated heterocycles. The van der Waals surface area contributed by atoms with Gasteiger partial charge in [0.2, 0.25) is 0 Å². The fourth-order valence-electron chi connectivity index (χ4n) is 3.75. The third kappa shape index (κ3) is 32.9. The third-order valence-electron chi connectivity index (χ3n) is 6.14. The van der Waals surface area contributed by atoms with E-state index in [9.17, 15) is 14.3 Å². The number of esters is 1. The van der Waals surface area contributed by atoms with Crippen LogP contribution in [0, 0.1) is 0 Å². The zero-order valence-corrected chi connectivity index (χ0v) is 28.6. The average Bonchev–Trinajstić information content (AvgIpc) is 2.93. The van der Waals surface area contributed by atoms with Crippen LogP contribution in [0.4, 0.5) is 0 Å². The van der Waals surface area contributed by atoms with Gasteiger partial charge in [0.05, 0.1) is 34.4 Å². The van der Waals surface area contributed by atoms with Crippen molar-refractivity contribution in [2.45, 2.75) is 97.0 Å². The van der Waals surface area contributed by atoms with Gasteiger partial charge < -0.3 is 18.9 Å². The highest BCUT2D eigenvalue weighted by molar-refractivity contribution is 7.47. The summed E-state index contributed by atoms with van der Waals surface area (Å²) in [4.78, 5) is 21.3. The number of carbonyl (C=O) groups is 1. The second-order valence-corrected chi connectivity index (χ2v) is 13.0. The molecule has 2 atom stereocenters. The molecule has 2 unspecified atom stereocenters. The van der Waals surface area contributed by atoms with Crippen LogP contribution in [0.3, 0.4) is 0 Å². The van der Waals surface area contributed by atoms with Crippen LogP contribution in [0.1, 0.15) is 90.9 Å². The third-order valence-corrected chi connectivity index (χ3v) is 7.13. The van der Waals surface area contributed by atoms with Gasteiger partial charge in [0.1, 0.15) is 19.3 Å². The van der Waals surface area contributed by atoms with Gasteiger partial charge in [-0.05, 0) is 51.4 Å². The molecule has 0 amide bonds. The van der Waals surface area contributed by atoms with Crippen molar-refractivity contribution in [3.63, 3.8) is 0 Å². The molecule has 0 heterocycles. The van der Waals surface area contributed by atoms with Crippen LogP contribution < -0.4 is 0 Å². The minimum absolute atomic E-state index is 0.0788. The fourth-order valence-corrected chi connectivity index (χ4v) is 4.49. The van der Waals surface area contributed by atoms with Gasteiger partial charge in [-0.25, -0.2) is 4.57 Å². The predicted octanol–water partition coefficient (Wildman–Crippen LogP) is 8.26. The summed E-state index contributed by atoms with van der Waals surface area (Å²) in [6.07, 6.45) is 34.5. The normalized spacial score (nSPS) is 15.0. The topological polar surface area (TPSA) is 91.3 Å². The number of likely N-dealkylation sites (N-methyl/N-ethyl adjacent to an activating group) is 1. The summed E-state index contributed by atoms with van der Waals surface area (Å²) < 4.78 is 33.5. The lowest BCUT2D eigenvalue weighted by atomic mass is 10.1. The summed E-state index contributed by atoms with van der Waals surface area (Å²) in [7, 11) is 1.63. The van der Waals surface area contributed by atoms with Gasteiger partial charge in [-0.15, -0.1) is 0 Å². The molecular formula is C34H61NO7P+. The number of rotatable bonds is 28. The van der Waals surface area contributed by atoms with Crippen molar-refractivity contribution in [3.8, 4) is 0 Å². The number of carbonyl (C=O) groups excluding carboxylic acids is 1. The molecule has 0 aliphatic rings. The zero-order valence-electron chi connectivity index (χ0n) is 27.7. The van der Waals surface area contributed by atoms with Crippen LogP contribution in [0.2, 0.25) is 0 Å². The number of unbranched alkanes of at least 4 members (excludes halogenated alkanes) is 6. The molecular weight excluding hydrogens is 565 g/mol. The number of hydrogen-bond donors (Lipinski definition) is 1. The van der Waals surface area contributed by atoms with Gasteiger partial charge >= 0.3 is 13.8 Å². The Balaban J connectivity index is 3.78. The molecule has 0 bridgehead atoms. The van der Waals surface area contributed by atoms with Gasteiger partial charge in [-0.2, -0.15) is 0 Å². The smallest absolute Gasteiger partial charge is 0.458 e. The maximum absolute atomic E-state index is 12.1. The second kappa shape index (κ2) is 27.7. The largest absolute Gasteiger partial charge is 0.472 e. The number of quaternary nitrogens is 1.